The van der Waals surface area contributed by atoms with Crippen LogP contribution >= 0.6 is 0 Å². The molecule has 7 heteroatoms. The van der Waals surface area contributed by atoms with E-state index in [1.165, 1.54) is 0 Å². The Balaban J connectivity index is 1.79. The van der Waals surface area contributed by atoms with Crippen molar-refractivity contribution in [3.8, 4) is 0 Å². The second-order valence-electron chi connectivity index (χ2n) is 4.86. The molecule has 1 aliphatic rings. The highest BCUT2D eigenvalue weighted by atomic mass is 16.2. The van der Waals surface area contributed by atoms with E-state index in [1.807, 2.05) is 0 Å². The lowest BCUT2D eigenvalue weighted by Crippen LogP contribution is -2.52. The molecule has 2 rings (SSSR count). The molecule has 1 saturated heterocycles. The zero-order valence-electron chi connectivity index (χ0n) is 11.5. The number of hydrogen-bond donors (Lipinski definition) is 4. The van der Waals surface area contributed by atoms with Crippen LogP contribution in [0.1, 0.15) is 23.2 Å². The number of benzene rings is 1. The molecule has 112 valence electrons. The van der Waals surface area contributed by atoms with E-state index in [-0.39, 0.29) is 24.3 Å². The van der Waals surface area contributed by atoms with Crippen LogP contribution < -0.4 is 21.7 Å². The molecule has 0 saturated carbocycles. The normalized spacial score (nSPS) is 17.7. The van der Waals surface area contributed by atoms with Crippen LogP contribution in [0.4, 0.5) is 5.69 Å². The molecule has 1 aliphatic heterocycles. The van der Waals surface area contributed by atoms with Gasteiger partial charge in [0.25, 0.3) is 5.91 Å². The fourth-order valence-corrected chi connectivity index (χ4v) is 2.05. The molecular weight excluding hydrogens is 272 g/mol. The maximum atomic E-state index is 11.8. The molecule has 5 N–H and O–H groups in total. The number of rotatable bonds is 4. The lowest BCUT2D eigenvalue weighted by Gasteiger charge is -2.22. The van der Waals surface area contributed by atoms with Gasteiger partial charge in [-0.25, -0.2) is 0 Å². The van der Waals surface area contributed by atoms with E-state index in [4.69, 9.17) is 5.73 Å². The predicted octanol–water partition coefficient (Wildman–Crippen LogP) is -0.607. The van der Waals surface area contributed by atoms with Crippen molar-refractivity contribution in [2.75, 3.05) is 18.8 Å². The summed E-state index contributed by atoms with van der Waals surface area (Å²) < 4.78 is 0. The van der Waals surface area contributed by atoms with Crippen LogP contribution in [-0.4, -0.2) is 36.9 Å². The zero-order chi connectivity index (χ0) is 15.2. The Morgan fingerprint density at radius 1 is 1.29 bits per heavy atom. The molecule has 0 aliphatic carbocycles. The van der Waals surface area contributed by atoms with Crippen LogP contribution in [0.2, 0.25) is 0 Å². The number of hydrogen-bond acceptors (Lipinski definition) is 4. The molecule has 0 spiro atoms. The Kier molecular flexibility index (Phi) is 4.76. The summed E-state index contributed by atoms with van der Waals surface area (Å²) in [4.78, 5) is 35.0. The molecular formula is C14H18N4O3. The summed E-state index contributed by atoms with van der Waals surface area (Å²) in [5.41, 5.74) is 6.52. The number of carbonyl (C=O) groups excluding carboxylic acids is 3. The van der Waals surface area contributed by atoms with E-state index < -0.39 is 6.04 Å². The maximum Gasteiger partial charge on any atom is 0.251 e. The molecule has 1 unspecified atom stereocenters. The van der Waals surface area contributed by atoms with Crippen LogP contribution in [-0.2, 0) is 9.59 Å². The van der Waals surface area contributed by atoms with Gasteiger partial charge >= 0.3 is 0 Å². The molecule has 21 heavy (non-hydrogen) atoms. The fraction of sp³-hybridized carbons (Fsp3) is 0.357. The van der Waals surface area contributed by atoms with Crippen LogP contribution in [0.15, 0.2) is 24.3 Å². The fourth-order valence-electron chi connectivity index (χ4n) is 2.05. The lowest BCUT2D eigenvalue weighted by molar-refractivity contribution is -0.129. The van der Waals surface area contributed by atoms with Crippen LogP contribution in [0, 0.1) is 0 Å². The third-order valence-corrected chi connectivity index (χ3v) is 3.20. The van der Waals surface area contributed by atoms with Crippen LogP contribution in [0.25, 0.3) is 0 Å². The molecule has 1 fully saturated rings. The number of piperidine rings is 1. The van der Waals surface area contributed by atoms with E-state index in [0.29, 0.717) is 24.2 Å². The first-order valence-corrected chi connectivity index (χ1v) is 6.77. The van der Waals surface area contributed by atoms with Crippen molar-refractivity contribution < 1.29 is 14.4 Å². The van der Waals surface area contributed by atoms with E-state index in [2.05, 4.69) is 16.0 Å². The van der Waals surface area contributed by atoms with Gasteiger partial charge in [0.15, 0.2) is 0 Å². The minimum atomic E-state index is -0.514. The number of amides is 3. The summed E-state index contributed by atoms with van der Waals surface area (Å²) in [7, 11) is 0. The number of nitrogen functional groups attached to an aromatic ring is 1. The molecule has 0 bridgehead atoms. The number of nitrogens with one attached hydrogen (secondary N) is 3. The predicted molar refractivity (Wildman–Crippen MR) is 77.4 cm³/mol. The van der Waals surface area contributed by atoms with Crippen molar-refractivity contribution in [1.82, 2.24) is 16.0 Å². The summed E-state index contributed by atoms with van der Waals surface area (Å²) in [5, 5.41) is 7.78. The van der Waals surface area contributed by atoms with Gasteiger partial charge < -0.3 is 21.7 Å². The van der Waals surface area contributed by atoms with Gasteiger partial charge in [0.1, 0.15) is 6.04 Å². The van der Waals surface area contributed by atoms with Crippen molar-refractivity contribution in [1.29, 1.82) is 0 Å². The van der Waals surface area contributed by atoms with Gasteiger partial charge in [-0.2, -0.15) is 0 Å². The number of nitrogens with two attached hydrogens (primary N) is 1. The second kappa shape index (κ2) is 6.74. The molecule has 0 aromatic heterocycles. The largest absolute Gasteiger partial charge is 0.399 e. The number of carbonyl (C=O) groups is 3. The summed E-state index contributed by atoms with van der Waals surface area (Å²) in [5.74, 6) is -0.932. The van der Waals surface area contributed by atoms with E-state index in [1.54, 1.807) is 24.3 Å². The summed E-state index contributed by atoms with van der Waals surface area (Å²) >= 11 is 0. The topological polar surface area (TPSA) is 113 Å². The Morgan fingerprint density at radius 3 is 2.67 bits per heavy atom. The standard InChI is InChI=1S/C14H18N4O3/c15-10-5-3-9(4-6-10)13(20)17-8-12(19)18-11-2-1-7-16-14(11)21/h3-6,11H,1-2,7-8,15H2,(H,16,21)(H,17,20)(H,18,19). The highest BCUT2D eigenvalue weighted by Gasteiger charge is 2.23. The SMILES string of the molecule is Nc1ccc(C(=O)NCC(=O)NC2CCCNC2=O)cc1. The van der Waals surface area contributed by atoms with E-state index in [0.717, 1.165) is 6.42 Å². The highest BCUT2D eigenvalue weighted by molar-refractivity contribution is 5.97. The molecule has 1 aromatic carbocycles. The van der Waals surface area contributed by atoms with Crippen LogP contribution in [0.3, 0.4) is 0 Å². The van der Waals surface area contributed by atoms with Crippen molar-refractivity contribution in [2.24, 2.45) is 0 Å². The third-order valence-electron chi connectivity index (χ3n) is 3.20. The Labute approximate surface area is 122 Å². The smallest absolute Gasteiger partial charge is 0.251 e. The van der Waals surface area contributed by atoms with Crippen molar-refractivity contribution >= 4 is 23.4 Å². The number of anilines is 1. The van der Waals surface area contributed by atoms with E-state index >= 15 is 0 Å². The molecule has 0 radical (unpaired) electrons. The third kappa shape index (κ3) is 4.20. The highest BCUT2D eigenvalue weighted by Crippen LogP contribution is 2.05. The lowest BCUT2D eigenvalue weighted by atomic mass is 10.1. The first-order chi connectivity index (χ1) is 10.1. The minimum Gasteiger partial charge on any atom is -0.399 e. The van der Waals surface area contributed by atoms with Crippen molar-refractivity contribution in [2.45, 2.75) is 18.9 Å². The summed E-state index contributed by atoms with van der Waals surface area (Å²) in [6, 6.07) is 5.87. The Hall–Kier alpha value is -2.57. The minimum absolute atomic E-state index is 0.174. The molecule has 3 amide bonds. The molecule has 1 heterocycles. The first kappa shape index (κ1) is 14.8. The van der Waals surface area contributed by atoms with Gasteiger partial charge in [0.05, 0.1) is 6.54 Å². The maximum absolute atomic E-state index is 11.8. The van der Waals surface area contributed by atoms with Gasteiger partial charge in [-0.1, -0.05) is 0 Å². The molecule has 1 atom stereocenters. The van der Waals surface area contributed by atoms with Gasteiger partial charge in [0.2, 0.25) is 11.8 Å². The Morgan fingerprint density at radius 2 is 2.00 bits per heavy atom. The zero-order valence-corrected chi connectivity index (χ0v) is 11.5. The molecule has 7 nitrogen and oxygen atoms in total. The summed E-state index contributed by atoms with van der Waals surface area (Å²) in [6.07, 6.45) is 1.44. The van der Waals surface area contributed by atoms with Gasteiger partial charge in [0, 0.05) is 17.8 Å². The average molecular weight is 290 g/mol. The Bertz CT molecular complexity index is 542. The quantitative estimate of drug-likeness (QED) is 0.554. The average Bonchev–Trinajstić information content (AvgIpc) is 2.48. The van der Waals surface area contributed by atoms with E-state index in [9.17, 15) is 14.4 Å². The monoisotopic (exact) mass is 290 g/mol. The molecule has 1 aromatic rings. The summed E-state index contributed by atoms with van der Waals surface area (Å²) in [6.45, 7) is 0.464. The van der Waals surface area contributed by atoms with Crippen molar-refractivity contribution in [3.63, 3.8) is 0 Å². The van der Waals surface area contributed by atoms with Gasteiger partial charge in [-0.3, -0.25) is 14.4 Å². The van der Waals surface area contributed by atoms with Crippen LogP contribution in [0.5, 0.6) is 0 Å². The second-order valence-corrected chi connectivity index (χ2v) is 4.86. The van der Waals surface area contributed by atoms with Crippen molar-refractivity contribution in [3.05, 3.63) is 29.8 Å². The van der Waals surface area contributed by atoms with Gasteiger partial charge in [-0.05, 0) is 37.1 Å². The first-order valence-electron chi connectivity index (χ1n) is 6.77. The van der Waals surface area contributed by atoms with Gasteiger partial charge in [-0.15, -0.1) is 0 Å².